The predicted molar refractivity (Wildman–Crippen MR) is 91.7 cm³/mol. The van der Waals surface area contributed by atoms with Crippen molar-refractivity contribution in [3.05, 3.63) is 35.4 Å². The van der Waals surface area contributed by atoms with Crippen molar-refractivity contribution >= 4 is 5.91 Å². The zero-order valence-electron chi connectivity index (χ0n) is 14.5. The van der Waals surface area contributed by atoms with Crippen LogP contribution in [0.3, 0.4) is 0 Å². The lowest BCUT2D eigenvalue weighted by molar-refractivity contribution is -0.126. The molecule has 1 aliphatic rings. The van der Waals surface area contributed by atoms with Crippen molar-refractivity contribution in [1.29, 1.82) is 0 Å². The largest absolute Gasteiger partial charge is 0.379 e. The fourth-order valence-corrected chi connectivity index (χ4v) is 2.46. The Morgan fingerprint density at radius 2 is 1.79 bits per heavy atom. The first kappa shape index (κ1) is 18.9. The average molecular weight is 336 g/mol. The summed E-state index contributed by atoms with van der Waals surface area (Å²) in [6.45, 7) is 8.70. The minimum atomic E-state index is -0.108. The molecule has 0 spiro atoms. The van der Waals surface area contributed by atoms with Gasteiger partial charge in [0.05, 0.1) is 26.4 Å². The molecule has 0 unspecified atom stereocenters. The molecular formula is C18H28N2O4. The Balaban J connectivity index is 1.63. The van der Waals surface area contributed by atoms with Crippen molar-refractivity contribution in [3.63, 3.8) is 0 Å². The molecule has 2 rings (SSSR count). The number of carbonyl (C=O) groups is 1. The second-order valence-corrected chi connectivity index (χ2v) is 5.73. The summed E-state index contributed by atoms with van der Waals surface area (Å²) in [7, 11) is 0. The van der Waals surface area contributed by atoms with Crippen LogP contribution >= 0.6 is 0 Å². The van der Waals surface area contributed by atoms with E-state index in [1.807, 2.05) is 6.92 Å². The third-order valence-corrected chi connectivity index (χ3v) is 3.83. The molecule has 1 aliphatic heterocycles. The topological polar surface area (TPSA) is 60.0 Å². The van der Waals surface area contributed by atoms with Gasteiger partial charge in [0.15, 0.2) is 0 Å². The Morgan fingerprint density at radius 3 is 2.50 bits per heavy atom. The van der Waals surface area contributed by atoms with Crippen molar-refractivity contribution in [1.82, 2.24) is 10.2 Å². The lowest BCUT2D eigenvalue weighted by Crippen LogP contribution is -2.35. The second-order valence-electron chi connectivity index (χ2n) is 5.73. The summed E-state index contributed by atoms with van der Waals surface area (Å²) < 4.78 is 15.7. The van der Waals surface area contributed by atoms with Crippen LogP contribution in [-0.2, 0) is 32.1 Å². The Hall–Kier alpha value is -1.47. The van der Waals surface area contributed by atoms with Gasteiger partial charge in [-0.15, -0.1) is 0 Å². The van der Waals surface area contributed by atoms with Gasteiger partial charge in [-0.1, -0.05) is 24.3 Å². The summed E-state index contributed by atoms with van der Waals surface area (Å²) in [4.78, 5) is 14.1. The highest BCUT2D eigenvalue weighted by molar-refractivity contribution is 5.77. The summed E-state index contributed by atoms with van der Waals surface area (Å²) in [5.41, 5.74) is 2.37. The van der Waals surface area contributed by atoms with Crippen LogP contribution in [0, 0.1) is 0 Å². The molecule has 1 N–H and O–H groups in total. The van der Waals surface area contributed by atoms with Crippen LogP contribution < -0.4 is 5.32 Å². The van der Waals surface area contributed by atoms with Crippen molar-refractivity contribution in [2.24, 2.45) is 0 Å². The number of ether oxygens (including phenoxy) is 3. The van der Waals surface area contributed by atoms with E-state index in [0.717, 1.165) is 38.4 Å². The number of morpholine rings is 1. The molecule has 1 amide bonds. The number of carbonyl (C=O) groups excluding carboxylic acids is 1. The zero-order chi connectivity index (χ0) is 17.0. The average Bonchev–Trinajstić information content (AvgIpc) is 2.62. The normalized spacial score (nSPS) is 15.4. The molecule has 1 heterocycles. The van der Waals surface area contributed by atoms with Gasteiger partial charge in [-0.05, 0) is 18.1 Å². The highest BCUT2D eigenvalue weighted by atomic mass is 16.5. The highest BCUT2D eigenvalue weighted by Crippen LogP contribution is 2.09. The van der Waals surface area contributed by atoms with E-state index in [-0.39, 0.29) is 12.5 Å². The van der Waals surface area contributed by atoms with Gasteiger partial charge in [0, 0.05) is 32.8 Å². The van der Waals surface area contributed by atoms with E-state index in [9.17, 15) is 4.79 Å². The first-order valence-corrected chi connectivity index (χ1v) is 8.58. The van der Waals surface area contributed by atoms with Crippen LogP contribution in [0.5, 0.6) is 0 Å². The van der Waals surface area contributed by atoms with E-state index in [0.29, 0.717) is 26.4 Å². The molecule has 6 heteroatoms. The SMILES string of the molecule is CCOCCOCC(=O)NCc1ccc(CN2CCOCC2)cc1. The summed E-state index contributed by atoms with van der Waals surface area (Å²) in [5, 5.41) is 2.86. The Bertz CT molecular complexity index is 472. The maximum atomic E-state index is 11.7. The van der Waals surface area contributed by atoms with Gasteiger partial charge in [-0.3, -0.25) is 9.69 Å². The van der Waals surface area contributed by atoms with Crippen LogP contribution in [0.2, 0.25) is 0 Å². The van der Waals surface area contributed by atoms with Gasteiger partial charge in [-0.2, -0.15) is 0 Å². The summed E-state index contributed by atoms with van der Waals surface area (Å²) in [5.74, 6) is -0.108. The lowest BCUT2D eigenvalue weighted by Gasteiger charge is -2.26. The molecule has 6 nitrogen and oxygen atoms in total. The highest BCUT2D eigenvalue weighted by Gasteiger charge is 2.10. The Kier molecular flexibility index (Phi) is 8.76. The molecule has 0 aliphatic carbocycles. The summed E-state index contributed by atoms with van der Waals surface area (Å²) >= 11 is 0. The van der Waals surface area contributed by atoms with Gasteiger partial charge in [0.25, 0.3) is 0 Å². The molecule has 1 fully saturated rings. The van der Waals surface area contributed by atoms with Gasteiger partial charge in [0.2, 0.25) is 5.91 Å². The number of nitrogens with zero attached hydrogens (tertiary/aromatic N) is 1. The van der Waals surface area contributed by atoms with E-state index < -0.39 is 0 Å². The van der Waals surface area contributed by atoms with Crippen LogP contribution in [0.15, 0.2) is 24.3 Å². The monoisotopic (exact) mass is 336 g/mol. The van der Waals surface area contributed by atoms with Crippen LogP contribution in [0.4, 0.5) is 0 Å². The van der Waals surface area contributed by atoms with E-state index in [1.165, 1.54) is 5.56 Å². The Morgan fingerprint density at radius 1 is 1.12 bits per heavy atom. The van der Waals surface area contributed by atoms with Gasteiger partial charge in [-0.25, -0.2) is 0 Å². The second kappa shape index (κ2) is 11.1. The van der Waals surface area contributed by atoms with Gasteiger partial charge in [0.1, 0.15) is 6.61 Å². The minimum absolute atomic E-state index is 0.0716. The fraction of sp³-hybridized carbons (Fsp3) is 0.611. The third-order valence-electron chi connectivity index (χ3n) is 3.83. The van der Waals surface area contributed by atoms with Gasteiger partial charge >= 0.3 is 0 Å². The maximum absolute atomic E-state index is 11.7. The molecule has 1 aromatic carbocycles. The first-order valence-electron chi connectivity index (χ1n) is 8.58. The van der Waals surface area contributed by atoms with Crippen molar-refractivity contribution in [3.8, 4) is 0 Å². The molecule has 0 aromatic heterocycles. The molecule has 0 atom stereocenters. The molecular weight excluding hydrogens is 308 g/mol. The van der Waals surface area contributed by atoms with E-state index >= 15 is 0 Å². The minimum Gasteiger partial charge on any atom is -0.379 e. The zero-order valence-corrected chi connectivity index (χ0v) is 14.5. The van der Waals surface area contributed by atoms with Crippen molar-refractivity contribution < 1.29 is 19.0 Å². The number of hydrogen-bond donors (Lipinski definition) is 1. The number of amides is 1. The summed E-state index contributed by atoms with van der Waals surface area (Å²) in [6, 6.07) is 8.36. The number of hydrogen-bond acceptors (Lipinski definition) is 5. The summed E-state index contributed by atoms with van der Waals surface area (Å²) in [6.07, 6.45) is 0. The van der Waals surface area contributed by atoms with Crippen LogP contribution in [0.25, 0.3) is 0 Å². The van der Waals surface area contributed by atoms with Gasteiger partial charge < -0.3 is 19.5 Å². The number of benzene rings is 1. The number of nitrogens with one attached hydrogen (secondary N) is 1. The van der Waals surface area contributed by atoms with E-state index in [1.54, 1.807) is 0 Å². The molecule has 1 saturated heterocycles. The molecule has 0 saturated carbocycles. The molecule has 1 aromatic rings. The molecule has 24 heavy (non-hydrogen) atoms. The number of rotatable bonds is 10. The van der Waals surface area contributed by atoms with Crippen LogP contribution in [-0.4, -0.2) is 63.5 Å². The van der Waals surface area contributed by atoms with E-state index in [2.05, 4.69) is 34.5 Å². The van der Waals surface area contributed by atoms with Crippen molar-refractivity contribution in [2.75, 3.05) is 52.7 Å². The molecule has 0 radical (unpaired) electrons. The standard InChI is InChI=1S/C18H28N2O4/c1-2-22-11-12-24-15-18(21)19-13-16-3-5-17(6-4-16)14-20-7-9-23-10-8-20/h3-6H,2,7-15H2,1H3,(H,19,21). The van der Waals surface area contributed by atoms with E-state index in [4.69, 9.17) is 14.2 Å². The first-order chi connectivity index (χ1) is 11.8. The predicted octanol–water partition coefficient (Wildman–Crippen LogP) is 1.19. The quantitative estimate of drug-likeness (QED) is 0.651. The smallest absolute Gasteiger partial charge is 0.246 e. The Labute approximate surface area is 144 Å². The third kappa shape index (κ3) is 7.40. The lowest BCUT2D eigenvalue weighted by atomic mass is 10.1. The molecule has 134 valence electrons. The molecule has 0 bridgehead atoms. The fourth-order valence-electron chi connectivity index (χ4n) is 2.46. The maximum Gasteiger partial charge on any atom is 0.246 e. The van der Waals surface area contributed by atoms with Crippen molar-refractivity contribution in [2.45, 2.75) is 20.0 Å². The van der Waals surface area contributed by atoms with Crippen LogP contribution in [0.1, 0.15) is 18.1 Å².